The Bertz CT molecular complexity index is 1110. The van der Waals surface area contributed by atoms with E-state index in [-0.39, 0.29) is 5.91 Å². The molecular weight excluding hydrogens is 382 g/mol. The molecule has 0 aromatic heterocycles. The summed E-state index contributed by atoms with van der Waals surface area (Å²) >= 11 is 1.44. The number of anilines is 1. The van der Waals surface area contributed by atoms with Crippen molar-refractivity contribution in [2.24, 2.45) is 0 Å². The second kappa shape index (κ2) is 6.37. The normalized spacial score (nSPS) is 24.7. The molecule has 0 unspecified atom stereocenters. The van der Waals surface area contributed by atoms with Gasteiger partial charge in [-0.3, -0.25) is 4.79 Å². The lowest BCUT2D eigenvalue weighted by Crippen LogP contribution is -2.49. The largest absolute Gasteiger partial charge is 0.497 e. The third-order valence-corrected chi connectivity index (χ3v) is 7.64. The molecule has 5 heteroatoms. The number of carbonyl (C=O) groups is 1. The van der Waals surface area contributed by atoms with Gasteiger partial charge in [0, 0.05) is 16.1 Å². The highest BCUT2D eigenvalue weighted by Gasteiger charge is 2.66. The van der Waals surface area contributed by atoms with Crippen LogP contribution < -0.4 is 9.64 Å². The van der Waals surface area contributed by atoms with Gasteiger partial charge in [-0.1, -0.05) is 48.5 Å². The quantitative estimate of drug-likeness (QED) is 0.702. The lowest BCUT2D eigenvalue weighted by atomic mass is 9.79. The van der Waals surface area contributed by atoms with Gasteiger partial charge < -0.3 is 14.7 Å². The van der Waals surface area contributed by atoms with Gasteiger partial charge in [0.1, 0.15) is 11.4 Å². The summed E-state index contributed by atoms with van der Waals surface area (Å²) in [5, 5.41) is 11.8. The fourth-order valence-corrected chi connectivity index (χ4v) is 6.11. The zero-order valence-electron chi connectivity index (χ0n) is 16.3. The molecule has 4 nitrogen and oxygen atoms in total. The molecule has 29 heavy (non-hydrogen) atoms. The summed E-state index contributed by atoms with van der Waals surface area (Å²) in [6.45, 7) is 2.20. The molecular formula is C24H21NO3S. The van der Waals surface area contributed by atoms with Gasteiger partial charge in [-0.15, -0.1) is 11.8 Å². The Kier molecular flexibility index (Phi) is 4.02. The first-order chi connectivity index (χ1) is 14.0. The monoisotopic (exact) mass is 403 g/mol. The van der Waals surface area contributed by atoms with Gasteiger partial charge in [0.2, 0.25) is 0 Å². The van der Waals surface area contributed by atoms with Crippen molar-refractivity contribution in [3.8, 4) is 5.75 Å². The maximum atomic E-state index is 14.0. The number of aliphatic hydroxyl groups is 1. The number of methoxy groups -OCH3 is 1. The molecule has 0 aliphatic carbocycles. The Labute approximate surface area is 174 Å². The van der Waals surface area contributed by atoms with Crippen molar-refractivity contribution in [3.05, 3.63) is 89.5 Å². The molecule has 146 valence electrons. The van der Waals surface area contributed by atoms with Crippen LogP contribution in [0.25, 0.3) is 0 Å². The summed E-state index contributed by atoms with van der Waals surface area (Å²) in [5.74, 6) is 0.570. The van der Waals surface area contributed by atoms with E-state index in [1.807, 2.05) is 72.8 Å². The highest BCUT2D eigenvalue weighted by molar-refractivity contribution is 8.01. The molecule has 3 aromatic rings. The summed E-state index contributed by atoms with van der Waals surface area (Å²) in [7, 11) is 1.61. The Balaban J connectivity index is 1.71. The van der Waals surface area contributed by atoms with Gasteiger partial charge in [-0.25, -0.2) is 0 Å². The average Bonchev–Trinajstić information content (AvgIpc) is 3.13. The first-order valence-corrected chi connectivity index (χ1v) is 10.4. The van der Waals surface area contributed by atoms with E-state index in [2.05, 4.69) is 0 Å². The summed E-state index contributed by atoms with van der Waals surface area (Å²) in [6, 6.07) is 23.3. The van der Waals surface area contributed by atoms with E-state index < -0.39 is 10.3 Å². The van der Waals surface area contributed by atoms with Crippen molar-refractivity contribution < 1.29 is 14.6 Å². The topological polar surface area (TPSA) is 49.8 Å². The van der Waals surface area contributed by atoms with Gasteiger partial charge in [-0.05, 0) is 42.3 Å². The van der Waals surface area contributed by atoms with Crippen molar-refractivity contribution >= 4 is 23.4 Å². The number of fused-ring (bicyclic) bond motifs is 3. The number of amides is 1. The van der Waals surface area contributed by atoms with Crippen molar-refractivity contribution in [3.63, 3.8) is 0 Å². The third-order valence-electron chi connectivity index (χ3n) is 5.96. The summed E-state index contributed by atoms with van der Waals surface area (Å²) < 4.78 is 4.31. The molecule has 0 bridgehead atoms. The molecule has 0 saturated heterocycles. The highest BCUT2D eigenvalue weighted by Crippen LogP contribution is 2.66. The van der Waals surface area contributed by atoms with Crippen molar-refractivity contribution in [1.29, 1.82) is 0 Å². The fraction of sp³-hybridized carbons (Fsp3) is 0.208. The number of ether oxygens (including phenoxy) is 1. The minimum absolute atomic E-state index is 0.101. The lowest BCUT2D eigenvalue weighted by molar-refractivity contribution is -0.127. The number of hydrogen-bond donors (Lipinski definition) is 1. The van der Waals surface area contributed by atoms with Crippen LogP contribution in [0, 0.1) is 0 Å². The van der Waals surface area contributed by atoms with Crippen LogP contribution in [0.1, 0.15) is 23.6 Å². The number of carbonyl (C=O) groups excluding carboxylic acids is 1. The van der Waals surface area contributed by atoms with Crippen LogP contribution in [0.4, 0.5) is 5.69 Å². The van der Waals surface area contributed by atoms with Gasteiger partial charge >= 0.3 is 0 Å². The highest BCUT2D eigenvalue weighted by atomic mass is 32.2. The van der Waals surface area contributed by atoms with Crippen molar-refractivity contribution in [2.45, 2.75) is 28.7 Å². The molecule has 2 aliphatic rings. The third kappa shape index (κ3) is 2.41. The molecule has 3 aromatic carbocycles. The molecule has 0 saturated carbocycles. The van der Waals surface area contributed by atoms with Gasteiger partial charge in [-0.2, -0.15) is 0 Å². The average molecular weight is 404 g/mol. The Morgan fingerprint density at radius 2 is 1.72 bits per heavy atom. The fourth-order valence-electron chi connectivity index (χ4n) is 4.48. The van der Waals surface area contributed by atoms with Crippen LogP contribution in [0.5, 0.6) is 5.75 Å². The standard InChI is InChI=1S/C24H21NO3S/c1-23(27)18-10-6-7-11-21(18)29-24(23)19-14-17(28-2)12-13-20(19)25(22(24)26)15-16-8-4-3-5-9-16/h3-14,27H,15H2,1-2H3/t23-,24-/m1/s1. The van der Waals surface area contributed by atoms with E-state index in [1.165, 1.54) is 11.8 Å². The van der Waals surface area contributed by atoms with E-state index in [0.29, 0.717) is 12.3 Å². The van der Waals surface area contributed by atoms with Crippen LogP contribution in [0.2, 0.25) is 0 Å². The van der Waals surface area contributed by atoms with Crippen LogP contribution in [0.15, 0.2) is 77.7 Å². The number of benzene rings is 3. The number of rotatable bonds is 3. The molecule has 2 atom stereocenters. The van der Waals surface area contributed by atoms with Gasteiger partial charge in [0.05, 0.1) is 13.7 Å². The zero-order chi connectivity index (χ0) is 20.2. The van der Waals surface area contributed by atoms with E-state index in [4.69, 9.17) is 4.74 Å². The Morgan fingerprint density at radius 1 is 1.00 bits per heavy atom. The van der Waals surface area contributed by atoms with Crippen LogP contribution >= 0.6 is 11.8 Å². The summed E-state index contributed by atoms with van der Waals surface area (Å²) in [6.07, 6.45) is 0. The van der Waals surface area contributed by atoms with E-state index >= 15 is 0 Å². The first-order valence-electron chi connectivity index (χ1n) is 9.54. The zero-order valence-corrected chi connectivity index (χ0v) is 17.1. The molecule has 2 aliphatic heterocycles. The molecule has 5 rings (SSSR count). The smallest absolute Gasteiger partial charge is 0.251 e. The van der Waals surface area contributed by atoms with E-state index in [9.17, 15) is 9.90 Å². The molecule has 1 amide bonds. The van der Waals surface area contributed by atoms with Crippen LogP contribution in [-0.2, 0) is 21.7 Å². The van der Waals surface area contributed by atoms with Crippen LogP contribution in [0.3, 0.4) is 0 Å². The maximum absolute atomic E-state index is 14.0. The molecule has 0 radical (unpaired) electrons. The maximum Gasteiger partial charge on any atom is 0.251 e. The lowest BCUT2D eigenvalue weighted by Gasteiger charge is -2.35. The molecule has 1 spiro atoms. The number of thioether (sulfide) groups is 1. The molecule has 0 fully saturated rings. The first kappa shape index (κ1) is 18.3. The second-order valence-electron chi connectivity index (χ2n) is 7.61. The number of nitrogens with zero attached hydrogens (tertiary/aromatic N) is 1. The van der Waals surface area contributed by atoms with Crippen LogP contribution in [-0.4, -0.2) is 18.1 Å². The Morgan fingerprint density at radius 3 is 2.45 bits per heavy atom. The minimum atomic E-state index is -1.35. The SMILES string of the molecule is COc1ccc2c(c1)[C@@]1(Sc3ccccc3[C@@]1(C)O)C(=O)N2Cc1ccccc1. The molecule has 2 heterocycles. The summed E-state index contributed by atoms with van der Waals surface area (Å²) in [5.41, 5.74) is 2.09. The van der Waals surface area contributed by atoms with E-state index in [0.717, 1.165) is 27.3 Å². The summed E-state index contributed by atoms with van der Waals surface area (Å²) in [4.78, 5) is 16.7. The van der Waals surface area contributed by atoms with E-state index in [1.54, 1.807) is 18.9 Å². The number of hydrogen-bond acceptors (Lipinski definition) is 4. The minimum Gasteiger partial charge on any atom is -0.497 e. The Hall–Kier alpha value is -2.76. The predicted molar refractivity (Wildman–Crippen MR) is 114 cm³/mol. The molecule has 1 N–H and O–H groups in total. The van der Waals surface area contributed by atoms with Crippen molar-refractivity contribution in [2.75, 3.05) is 12.0 Å². The van der Waals surface area contributed by atoms with Gasteiger partial charge in [0.15, 0.2) is 4.75 Å². The van der Waals surface area contributed by atoms with Crippen molar-refractivity contribution in [1.82, 2.24) is 0 Å². The second-order valence-corrected chi connectivity index (χ2v) is 8.87. The predicted octanol–water partition coefficient (Wildman–Crippen LogP) is 4.45. The van der Waals surface area contributed by atoms with Gasteiger partial charge in [0.25, 0.3) is 5.91 Å².